The summed E-state index contributed by atoms with van der Waals surface area (Å²) >= 11 is 0. The molecule has 2 aromatic rings. The number of benzene rings is 1. The van der Waals surface area contributed by atoms with Gasteiger partial charge in [-0.3, -0.25) is 0 Å². The molecule has 0 bridgehead atoms. The van der Waals surface area contributed by atoms with Crippen LogP contribution in [0.1, 0.15) is 5.56 Å². The lowest BCUT2D eigenvalue weighted by atomic mass is 10.2. The molecule has 0 saturated heterocycles. The Balaban J connectivity index is 2.62. The SMILES string of the molecule is CON=Cc1cc2ccccc2oc1=O. The van der Waals surface area contributed by atoms with E-state index in [0.717, 1.165) is 5.39 Å². The van der Waals surface area contributed by atoms with Gasteiger partial charge in [0.05, 0.1) is 11.8 Å². The lowest BCUT2D eigenvalue weighted by Gasteiger charge is -1.96. The molecule has 2 rings (SSSR count). The van der Waals surface area contributed by atoms with Crippen molar-refractivity contribution in [3.63, 3.8) is 0 Å². The minimum Gasteiger partial charge on any atom is -0.422 e. The summed E-state index contributed by atoms with van der Waals surface area (Å²) in [5, 5.41) is 4.38. The molecular weight excluding hydrogens is 194 g/mol. The second-order valence-corrected chi connectivity index (χ2v) is 2.94. The van der Waals surface area contributed by atoms with E-state index in [4.69, 9.17) is 4.42 Å². The van der Waals surface area contributed by atoms with E-state index >= 15 is 0 Å². The maximum atomic E-state index is 11.4. The van der Waals surface area contributed by atoms with Crippen molar-refractivity contribution in [3.05, 3.63) is 46.3 Å². The molecule has 4 nitrogen and oxygen atoms in total. The van der Waals surface area contributed by atoms with Crippen LogP contribution in [0.3, 0.4) is 0 Å². The number of nitrogens with zero attached hydrogens (tertiary/aromatic N) is 1. The standard InChI is InChI=1S/C11H9NO3/c1-14-12-7-9-6-8-4-2-3-5-10(8)15-11(9)13/h2-7H,1H3. The molecule has 0 N–H and O–H groups in total. The zero-order chi connectivity index (χ0) is 10.7. The van der Waals surface area contributed by atoms with Crippen molar-refractivity contribution in [2.45, 2.75) is 0 Å². The Morgan fingerprint density at radius 1 is 1.40 bits per heavy atom. The van der Waals surface area contributed by atoms with Crippen molar-refractivity contribution in [2.75, 3.05) is 7.11 Å². The molecule has 4 heteroatoms. The van der Waals surface area contributed by atoms with Crippen molar-refractivity contribution in [2.24, 2.45) is 5.16 Å². The summed E-state index contributed by atoms with van der Waals surface area (Å²) in [6.07, 6.45) is 1.33. The summed E-state index contributed by atoms with van der Waals surface area (Å²) in [4.78, 5) is 15.9. The zero-order valence-corrected chi connectivity index (χ0v) is 8.14. The molecule has 0 aliphatic heterocycles. The second-order valence-electron chi connectivity index (χ2n) is 2.94. The minimum atomic E-state index is -0.422. The van der Waals surface area contributed by atoms with E-state index in [9.17, 15) is 4.79 Å². The van der Waals surface area contributed by atoms with E-state index in [1.54, 1.807) is 12.1 Å². The Labute approximate surface area is 85.8 Å². The molecule has 1 aromatic carbocycles. The summed E-state index contributed by atoms with van der Waals surface area (Å²) in [7, 11) is 1.42. The number of rotatable bonds is 2. The van der Waals surface area contributed by atoms with Crippen LogP contribution in [-0.2, 0) is 4.84 Å². The van der Waals surface area contributed by atoms with E-state index in [1.807, 2.05) is 18.2 Å². The third kappa shape index (κ3) is 1.88. The predicted octanol–water partition coefficient (Wildman–Crippen LogP) is 1.77. The first-order valence-corrected chi connectivity index (χ1v) is 4.40. The van der Waals surface area contributed by atoms with Crippen LogP contribution in [0.4, 0.5) is 0 Å². The van der Waals surface area contributed by atoms with Gasteiger partial charge in [0.1, 0.15) is 12.7 Å². The van der Waals surface area contributed by atoms with Gasteiger partial charge in [-0.05, 0) is 12.1 Å². The monoisotopic (exact) mass is 203 g/mol. The molecule has 0 amide bonds. The van der Waals surface area contributed by atoms with E-state index in [0.29, 0.717) is 11.1 Å². The predicted molar refractivity (Wildman–Crippen MR) is 57.1 cm³/mol. The summed E-state index contributed by atoms with van der Waals surface area (Å²) in [6, 6.07) is 9.01. The molecule has 0 fully saturated rings. The Kier molecular flexibility index (Phi) is 2.49. The van der Waals surface area contributed by atoms with Gasteiger partial charge >= 0.3 is 5.63 Å². The quantitative estimate of drug-likeness (QED) is 0.424. The summed E-state index contributed by atoms with van der Waals surface area (Å²) in [5.41, 5.74) is 0.516. The Hall–Kier alpha value is -2.10. The van der Waals surface area contributed by atoms with Crippen molar-refractivity contribution < 1.29 is 9.25 Å². The van der Waals surface area contributed by atoms with E-state index in [-0.39, 0.29) is 0 Å². The number of hydrogen-bond acceptors (Lipinski definition) is 4. The summed E-state index contributed by atoms with van der Waals surface area (Å²) in [6.45, 7) is 0. The highest BCUT2D eigenvalue weighted by Gasteiger charge is 2.01. The molecule has 0 unspecified atom stereocenters. The number of para-hydroxylation sites is 1. The van der Waals surface area contributed by atoms with Crippen LogP contribution in [0, 0.1) is 0 Å². The van der Waals surface area contributed by atoms with Crippen molar-refractivity contribution in [1.29, 1.82) is 0 Å². The smallest absolute Gasteiger partial charge is 0.345 e. The second kappa shape index (κ2) is 3.96. The normalized spacial score (nSPS) is 11.0. The van der Waals surface area contributed by atoms with Gasteiger partial charge in [0, 0.05) is 5.39 Å². The number of fused-ring (bicyclic) bond motifs is 1. The van der Waals surface area contributed by atoms with Crippen LogP contribution in [0.25, 0.3) is 11.0 Å². The van der Waals surface area contributed by atoms with E-state index in [1.165, 1.54) is 13.3 Å². The van der Waals surface area contributed by atoms with Gasteiger partial charge < -0.3 is 9.25 Å². The van der Waals surface area contributed by atoms with Gasteiger partial charge in [-0.15, -0.1) is 0 Å². The summed E-state index contributed by atoms with van der Waals surface area (Å²) < 4.78 is 5.09. The Morgan fingerprint density at radius 2 is 2.20 bits per heavy atom. The zero-order valence-electron chi connectivity index (χ0n) is 8.14. The largest absolute Gasteiger partial charge is 0.422 e. The lowest BCUT2D eigenvalue weighted by molar-refractivity contribution is 0.215. The highest BCUT2D eigenvalue weighted by atomic mass is 16.6. The van der Waals surface area contributed by atoms with E-state index in [2.05, 4.69) is 9.99 Å². The Morgan fingerprint density at radius 3 is 3.00 bits per heavy atom. The molecule has 0 aliphatic carbocycles. The van der Waals surface area contributed by atoms with Crippen LogP contribution >= 0.6 is 0 Å². The van der Waals surface area contributed by atoms with E-state index < -0.39 is 5.63 Å². The first-order valence-electron chi connectivity index (χ1n) is 4.40. The molecule has 1 heterocycles. The van der Waals surface area contributed by atoms with Gasteiger partial charge in [0.15, 0.2) is 0 Å². The van der Waals surface area contributed by atoms with Crippen molar-refractivity contribution in [1.82, 2.24) is 0 Å². The first kappa shape index (κ1) is 9.45. The average Bonchev–Trinajstić information content (AvgIpc) is 2.26. The molecular formula is C11H9NO3. The maximum absolute atomic E-state index is 11.4. The van der Waals surface area contributed by atoms with Crippen molar-refractivity contribution >= 4 is 17.2 Å². The maximum Gasteiger partial charge on any atom is 0.345 e. The van der Waals surface area contributed by atoms with Gasteiger partial charge in [-0.1, -0.05) is 23.4 Å². The van der Waals surface area contributed by atoms with Crippen molar-refractivity contribution in [3.8, 4) is 0 Å². The van der Waals surface area contributed by atoms with Crippen LogP contribution in [0.5, 0.6) is 0 Å². The first-order chi connectivity index (χ1) is 7.31. The van der Waals surface area contributed by atoms with Crippen LogP contribution in [0.2, 0.25) is 0 Å². The molecule has 0 saturated carbocycles. The fraction of sp³-hybridized carbons (Fsp3) is 0.0909. The molecule has 0 aliphatic rings. The van der Waals surface area contributed by atoms with Crippen LogP contribution < -0.4 is 5.63 Å². The molecule has 0 radical (unpaired) electrons. The van der Waals surface area contributed by atoms with Gasteiger partial charge in [-0.25, -0.2) is 4.79 Å². The molecule has 15 heavy (non-hydrogen) atoms. The molecule has 1 aromatic heterocycles. The third-order valence-corrected chi connectivity index (χ3v) is 1.97. The Bertz CT molecular complexity index is 557. The highest BCUT2D eigenvalue weighted by molar-refractivity contribution is 5.85. The summed E-state index contributed by atoms with van der Waals surface area (Å²) in [5.74, 6) is 0. The molecule has 76 valence electrons. The van der Waals surface area contributed by atoms with Gasteiger partial charge in [-0.2, -0.15) is 0 Å². The lowest BCUT2D eigenvalue weighted by Crippen LogP contribution is -2.05. The minimum absolute atomic E-state index is 0.371. The number of oxime groups is 1. The topological polar surface area (TPSA) is 51.8 Å². The average molecular weight is 203 g/mol. The fourth-order valence-electron chi connectivity index (χ4n) is 1.28. The molecule has 0 spiro atoms. The van der Waals surface area contributed by atoms with Crippen LogP contribution in [-0.4, -0.2) is 13.3 Å². The van der Waals surface area contributed by atoms with Gasteiger partial charge in [0.2, 0.25) is 0 Å². The molecule has 0 atom stereocenters. The third-order valence-electron chi connectivity index (χ3n) is 1.97. The number of hydrogen-bond donors (Lipinski definition) is 0. The van der Waals surface area contributed by atoms with Crippen LogP contribution in [0.15, 0.2) is 44.7 Å². The van der Waals surface area contributed by atoms with Gasteiger partial charge in [0.25, 0.3) is 0 Å². The fourth-order valence-corrected chi connectivity index (χ4v) is 1.28. The highest BCUT2D eigenvalue weighted by Crippen LogP contribution is 2.11.